The van der Waals surface area contributed by atoms with Crippen molar-refractivity contribution < 1.29 is 4.79 Å². The van der Waals surface area contributed by atoms with Crippen LogP contribution in [0.1, 0.15) is 52.5 Å². The molecule has 0 aliphatic carbocycles. The summed E-state index contributed by atoms with van der Waals surface area (Å²) in [6.45, 7) is 7.81. The summed E-state index contributed by atoms with van der Waals surface area (Å²) in [7, 11) is 0. The predicted molar refractivity (Wildman–Crippen MR) is 102 cm³/mol. The van der Waals surface area contributed by atoms with Crippen LogP contribution >= 0.6 is 23.6 Å². The van der Waals surface area contributed by atoms with E-state index in [1.54, 1.807) is 11.3 Å². The van der Waals surface area contributed by atoms with Crippen molar-refractivity contribution in [2.75, 3.05) is 13.1 Å². The molecule has 24 heavy (non-hydrogen) atoms. The Morgan fingerprint density at radius 2 is 2.04 bits per heavy atom. The van der Waals surface area contributed by atoms with Gasteiger partial charge in [0.15, 0.2) is 10.6 Å². The second kappa shape index (κ2) is 9.13. The zero-order valence-corrected chi connectivity index (χ0v) is 16.3. The van der Waals surface area contributed by atoms with Gasteiger partial charge < -0.3 is 4.90 Å². The van der Waals surface area contributed by atoms with E-state index in [1.807, 2.05) is 33.9 Å². The first-order valence-electron chi connectivity index (χ1n) is 8.59. The van der Waals surface area contributed by atoms with Crippen molar-refractivity contribution in [1.29, 1.82) is 0 Å². The van der Waals surface area contributed by atoms with E-state index in [9.17, 15) is 4.79 Å². The van der Waals surface area contributed by atoms with Gasteiger partial charge in [0.1, 0.15) is 6.04 Å². The number of thiophene rings is 1. The summed E-state index contributed by atoms with van der Waals surface area (Å²) < 4.78 is 2.33. The Labute approximate surface area is 152 Å². The summed E-state index contributed by atoms with van der Waals surface area (Å²) in [6.07, 6.45) is 4.21. The van der Waals surface area contributed by atoms with Crippen LogP contribution in [-0.2, 0) is 4.79 Å². The van der Waals surface area contributed by atoms with Gasteiger partial charge in [-0.2, -0.15) is 5.10 Å². The Hall–Kier alpha value is -1.47. The second-order valence-electron chi connectivity index (χ2n) is 5.91. The van der Waals surface area contributed by atoms with Gasteiger partial charge >= 0.3 is 0 Å². The molecule has 0 aromatic carbocycles. The summed E-state index contributed by atoms with van der Waals surface area (Å²) in [5.74, 6) is 0.856. The van der Waals surface area contributed by atoms with Crippen LogP contribution in [0.3, 0.4) is 0 Å². The Morgan fingerprint density at radius 1 is 1.38 bits per heavy atom. The molecule has 0 aliphatic rings. The Kier molecular flexibility index (Phi) is 7.17. The number of hydrogen-bond donors (Lipinski definition) is 1. The van der Waals surface area contributed by atoms with E-state index < -0.39 is 0 Å². The van der Waals surface area contributed by atoms with Gasteiger partial charge in [0.25, 0.3) is 0 Å². The van der Waals surface area contributed by atoms with Crippen molar-refractivity contribution in [3.05, 3.63) is 22.3 Å². The Morgan fingerprint density at radius 3 is 2.58 bits per heavy atom. The van der Waals surface area contributed by atoms with Crippen molar-refractivity contribution in [2.45, 2.75) is 52.5 Å². The quantitative estimate of drug-likeness (QED) is 0.657. The van der Waals surface area contributed by atoms with Crippen LogP contribution in [0.2, 0.25) is 0 Å². The van der Waals surface area contributed by atoms with Gasteiger partial charge in [0.2, 0.25) is 5.91 Å². The highest BCUT2D eigenvalue weighted by Gasteiger charge is 2.25. The van der Waals surface area contributed by atoms with Crippen molar-refractivity contribution in [2.24, 2.45) is 0 Å². The number of aromatic amines is 1. The van der Waals surface area contributed by atoms with Crippen molar-refractivity contribution in [3.8, 4) is 10.7 Å². The number of aromatic nitrogens is 3. The summed E-state index contributed by atoms with van der Waals surface area (Å²) >= 11 is 6.98. The maximum absolute atomic E-state index is 13.0. The van der Waals surface area contributed by atoms with Crippen molar-refractivity contribution in [3.63, 3.8) is 0 Å². The van der Waals surface area contributed by atoms with E-state index in [4.69, 9.17) is 12.2 Å². The highest BCUT2D eigenvalue weighted by molar-refractivity contribution is 7.71. The molecule has 0 fully saturated rings. The van der Waals surface area contributed by atoms with Gasteiger partial charge in [-0.25, -0.2) is 0 Å². The molecule has 0 saturated heterocycles. The number of carbonyl (C=O) groups is 1. The molecule has 2 heterocycles. The van der Waals surface area contributed by atoms with Gasteiger partial charge in [-0.1, -0.05) is 32.8 Å². The molecular formula is C17H26N4OS2. The SMILES string of the molecule is CCCCN(CCCC)C(=O)C(C)n1c(-c2cccs2)n[nH]c1=S. The molecule has 0 radical (unpaired) electrons. The summed E-state index contributed by atoms with van der Waals surface area (Å²) in [5.41, 5.74) is 0. The fourth-order valence-electron chi connectivity index (χ4n) is 2.65. The topological polar surface area (TPSA) is 53.9 Å². The molecule has 2 aromatic heterocycles. The molecule has 0 saturated carbocycles. The van der Waals surface area contributed by atoms with Crippen LogP contribution in [0.4, 0.5) is 0 Å². The van der Waals surface area contributed by atoms with Crippen LogP contribution in [0, 0.1) is 4.77 Å². The molecule has 0 aliphatic heterocycles. The minimum absolute atomic E-state index is 0.118. The molecule has 7 heteroatoms. The molecule has 5 nitrogen and oxygen atoms in total. The van der Waals surface area contributed by atoms with Gasteiger partial charge in [-0.3, -0.25) is 14.5 Å². The van der Waals surface area contributed by atoms with E-state index >= 15 is 0 Å². The minimum Gasteiger partial charge on any atom is -0.341 e. The molecule has 1 amide bonds. The van der Waals surface area contributed by atoms with Gasteiger partial charge in [-0.15, -0.1) is 11.3 Å². The average Bonchev–Trinajstić information content (AvgIpc) is 3.23. The fraction of sp³-hybridized carbons (Fsp3) is 0.588. The first kappa shape index (κ1) is 18.9. The summed E-state index contributed by atoms with van der Waals surface area (Å²) in [5, 5.41) is 9.17. The van der Waals surface area contributed by atoms with E-state index in [-0.39, 0.29) is 11.9 Å². The zero-order valence-electron chi connectivity index (χ0n) is 14.6. The van der Waals surface area contributed by atoms with E-state index in [2.05, 4.69) is 24.0 Å². The third-order valence-corrected chi connectivity index (χ3v) is 5.22. The molecule has 1 unspecified atom stereocenters. The number of nitrogens with one attached hydrogen (secondary N) is 1. The number of carbonyl (C=O) groups excluding carboxylic acids is 1. The number of unbranched alkanes of at least 4 members (excludes halogenated alkanes) is 2. The van der Waals surface area contributed by atoms with Crippen molar-refractivity contribution >= 4 is 29.5 Å². The van der Waals surface area contributed by atoms with Crippen LogP contribution in [-0.4, -0.2) is 38.7 Å². The number of amides is 1. The Balaban J connectivity index is 2.26. The third-order valence-electron chi connectivity index (χ3n) is 4.07. The molecular weight excluding hydrogens is 340 g/mol. The molecule has 0 spiro atoms. The predicted octanol–water partition coefficient (Wildman–Crippen LogP) is 4.66. The fourth-order valence-corrected chi connectivity index (χ4v) is 3.65. The molecule has 2 rings (SSSR count). The first-order chi connectivity index (χ1) is 11.6. The standard InChI is InChI=1S/C17H26N4OS2/c1-4-6-10-20(11-7-5-2)16(22)13(3)21-15(18-19-17(21)23)14-9-8-12-24-14/h8-9,12-13H,4-7,10-11H2,1-3H3,(H,19,23). The molecule has 2 aromatic rings. The van der Waals surface area contributed by atoms with Crippen LogP contribution < -0.4 is 0 Å². The van der Waals surface area contributed by atoms with E-state index in [0.717, 1.165) is 49.5 Å². The lowest BCUT2D eigenvalue weighted by atomic mass is 10.2. The zero-order chi connectivity index (χ0) is 17.5. The number of hydrogen-bond acceptors (Lipinski definition) is 4. The maximum atomic E-state index is 13.0. The monoisotopic (exact) mass is 366 g/mol. The number of rotatable bonds is 9. The number of nitrogens with zero attached hydrogens (tertiary/aromatic N) is 3. The normalized spacial score (nSPS) is 12.3. The second-order valence-corrected chi connectivity index (χ2v) is 7.24. The highest BCUT2D eigenvalue weighted by Crippen LogP contribution is 2.26. The average molecular weight is 367 g/mol. The summed E-state index contributed by atoms with van der Waals surface area (Å²) in [4.78, 5) is 16.0. The van der Waals surface area contributed by atoms with Crippen molar-refractivity contribution in [1.82, 2.24) is 19.7 Å². The van der Waals surface area contributed by atoms with Crippen LogP contribution in [0.25, 0.3) is 10.7 Å². The first-order valence-corrected chi connectivity index (χ1v) is 9.88. The largest absolute Gasteiger partial charge is 0.341 e. The lowest BCUT2D eigenvalue weighted by Gasteiger charge is -2.26. The minimum atomic E-state index is -0.359. The van der Waals surface area contributed by atoms with E-state index in [1.165, 1.54) is 0 Å². The molecule has 132 valence electrons. The Bertz CT molecular complexity index is 682. The van der Waals surface area contributed by atoms with Crippen LogP contribution in [0.15, 0.2) is 17.5 Å². The van der Waals surface area contributed by atoms with Gasteiger partial charge in [0, 0.05) is 13.1 Å². The number of H-pyrrole nitrogens is 1. The smallest absolute Gasteiger partial charge is 0.245 e. The van der Waals surface area contributed by atoms with E-state index in [0.29, 0.717) is 4.77 Å². The molecule has 0 bridgehead atoms. The lowest BCUT2D eigenvalue weighted by Crippen LogP contribution is -2.38. The molecule has 1 atom stereocenters. The van der Waals surface area contributed by atoms with Crippen LogP contribution in [0.5, 0.6) is 0 Å². The summed E-state index contributed by atoms with van der Waals surface area (Å²) in [6, 6.07) is 3.61. The highest BCUT2D eigenvalue weighted by atomic mass is 32.1. The molecule has 1 N–H and O–H groups in total. The van der Waals surface area contributed by atoms with Gasteiger partial charge in [-0.05, 0) is 43.4 Å². The lowest BCUT2D eigenvalue weighted by molar-refractivity contribution is -0.134. The third kappa shape index (κ3) is 4.33. The van der Waals surface area contributed by atoms with Gasteiger partial charge in [0.05, 0.1) is 4.88 Å². The maximum Gasteiger partial charge on any atom is 0.245 e.